The van der Waals surface area contributed by atoms with Gasteiger partial charge in [-0.25, -0.2) is 0 Å². The molecule has 1 aromatic heterocycles. The maximum absolute atomic E-state index is 2.41. The van der Waals surface area contributed by atoms with Crippen LogP contribution in [0.4, 0.5) is 0 Å². The molecule has 140 valence electrons. The molecule has 0 spiro atoms. The van der Waals surface area contributed by atoms with Gasteiger partial charge in [-0.1, -0.05) is 0 Å². The third kappa shape index (κ3) is 3.58. The predicted molar refractivity (Wildman–Crippen MR) is 106 cm³/mol. The first kappa shape index (κ1) is 21.2. The van der Waals surface area contributed by atoms with Gasteiger partial charge < -0.3 is 24.8 Å². The zero-order valence-corrected chi connectivity index (χ0v) is 19.0. The summed E-state index contributed by atoms with van der Waals surface area (Å²) in [4.78, 5) is 0. The van der Waals surface area contributed by atoms with Gasteiger partial charge in [-0.3, -0.25) is 0 Å². The molecule has 0 saturated carbocycles. The zero-order chi connectivity index (χ0) is 17.7. The summed E-state index contributed by atoms with van der Waals surface area (Å²) >= 11 is -0.260. The Morgan fingerprint density at radius 2 is 1.54 bits per heavy atom. The fourth-order valence-electron chi connectivity index (χ4n) is 4.06. The van der Waals surface area contributed by atoms with Crippen molar-refractivity contribution in [3.05, 3.63) is 93.2 Å². The van der Waals surface area contributed by atoms with Crippen molar-refractivity contribution in [3.8, 4) is 0 Å². The third-order valence-corrected chi connectivity index (χ3v) is 8.58. The molecule has 0 aliphatic heterocycles. The molecule has 0 amide bonds. The van der Waals surface area contributed by atoms with Crippen LogP contribution in [0.2, 0.25) is 0 Å². The number of aromatic nitrogens is 1. The fraction of sp³-hybridized carbons (Fsp3) is 0.167. The molecule has 2 aliphatic rings. The van der Waals surface area contributed by atoms with E-state index in [1.54, 1.807) is 9.45 Å². The smallest absolute Gasteiger partial charge is 1.00 e. The number of halogens is 2. The van der Waals surface area contributed by atoms with Crippen LogP contribution in [0.25, 0.3) is 22.5 Å². The van der Waals surface area contributed by atoms with E-state index >= 15 is 0 Å². The molecule has 2 aromatic carbocycles. The van der Waals surface area contributed by atoms with Crippen molar-refractivity contribution in [1.29, 1.82) is 0 Å². The topological polar surface area (TPSA) is 4.93 Å². The molecule has 28 heavy (non-hydrogen) atoms. The number of hydrogen-bond acceptors (Lipinski definition) is 0. The van der Waals surface area contributed by atoms with Crippen LogP contribution in [-0.4, -0.2) is 4.57 Å². The molecule has 1 heterocycles. The molecule has 0 saturated heterocycles. The van der Waals surface area contributed by atoms with Gasteiger partial charge in [0.15, 0.2) is 0 Å². The normalized spacial score (nSPS) is 17.4. The Morgan fingerprint density at radius 1 is 0.893 bits per heavy atom. The van der Waals surface area contributed by atoms with Gasteiger partial charge in [0, 0.05) is 0 Å². The maximum Gasteiger partial charge on any atom is -1.00 e. The summed E-state index contributed by atoms with van der Waals surface area (Å²) in [5.74, 6) is 0. The van der Waals surface area contributed by atoms with E-state index in [0.717, 1.165) is 6.42 Å². The van der Waals surface area contributed by atoms with Crippen molar-refractivity contribution in [2.75, 3.05) is 0 Å². The van der Waals surface area contributed by atoms with Gasteiger partial charge in [-0.15, -0.1) is 0 Å². The SMILES string of the molecule is CC1=CC[C]([Ti+2][CH]2C(n3cc4ccccc4c3)=Cc3ccccc32)=C1C.[Cl-].[Cl-]. The van der Waals surface area contributed by atoms with Crippen LogP contribution in [0, 0.1) is 0 Å². The largest absolute Gasteiger partial charge is 1.00 e. The molecule has 0 radical (unpaired) electrons. The van der Waals surface area contributed by atoms with Crippen LogP contribution in [0.3, 0.4) is 0 Å². The summed E-state index contributed by atoms with van der Waals surface area (Å²) in [6.07, 6.45) is 10.6. The average Bonchev–Trinajstić information content (AvgIpc) is 3.33. The second-order valence-corrected chi connectivity index (χ2v) is 9.56. The molecule has 0 N–H and O–H groups in total. The fourth-order valence-corrected chi connectivity index (χ4v) is 6.84. The number of benzene rings is 2. The van der Waals surface area contributed by atoms with Crippen molar-refractivity contribution < 1.29 is 44.0 Å². The van der Waals surface area contributed by atoms with Crippen LogP contribution in [0.5, 0.6) is 0 Å². The quantitative estimate of drug-likeness (QED) is 0.519. The summed E-state index contributed by atoms with van der Waals surface area (Å²) in [6, 6.07) is 17.6. The Bertz CT molecular complexity index is 1090. The van der Waals surface area contributed by atoms with E-state index in [1.165, 1.54) is 33.2 Å². The van der Waals surface area contributed by atoms with Crippen LogP contribution >= 0.6 is 0 Å². The van der Waals surface area contributed by atoms with Gasteiger partial charge in [0.05, 0.1) is 0 Å². The monoisotopic (exact) mass is 441 g/mol. The van der Waals surface area contributed by atoms with Crippen molar-refractivity contribution in [2.45, 2.75) is 24.5 Å². The van der Waals surface area contributed by atoms with Gasteiger partial charge in [0.2, 0.25) is 0 Å². The van der Waals surface area contributed by atoms with Crippen molar-refractivity contribution >= 4 is 22.5 Å². The van der Waals surface area contributed by atoms with Gasteiger partial charge in [0.1, 0.15) is 0 Å². The number of rotatable bonds is 3. The third-order valence-electron chi connectivity index (χ3n) is 5.73. The number of fused-ring (bicyclic) bond motifs is 2. The molecule has 0 fully saturated rings. The second kappa shape index (κ2) is 8.47. The van der Waals surface area contributed by atoms with Crippen LogP contribution in [-0.2, 0) is 19.2 Å². The summed E-state index contributed by atoms with van der Waals surface area (Å²) < 4.78 is 4.65. The Labute approximate surface area is 188 Å². The van der Waals surface area contributed by atoms with E-state index in [1.807, 2.05) is 0 Å². The molecule has 5 rings (SSSR count). The standard InChI is InChI=1S/C17H12N.C7H9.2ClH.Ti/c1-2-6-14-10-17(9-13(14)5-1)18-11-15-7-3-4-8-16(15)12-18;1-6-4-3-5-7(6)2;;;/h1-12H;4H,3H2,1-2H3;2*1H;/q;;;;+2/p-2. The van der Waals surface area contributed by atoms with Crippen molar-refractivity contribution in [3.63, 3.8) is 0 Å². The Morgan fingerprint density at radius 3 is 2.18 bits per heavy atom. The minimum absolute atomic E-state index is 0. The molecule has 1 unspecified atom stereocenters. The van der Waals surface area contributed by atoms with Crippen LogP contribution in [0.1, 0.15) is 35.6 Å². The van der Waals surface area contributed by atoms with Crippen molar-refractivity contribution in [2.24, 2.45) is 0 Å². The number of allylic oxidation sites excluding steroid dienone is 5. The Hall–Kier alpha value is -1.51. The second-order valence-electron chi connectivity index (χ2n) is 7.26. The summed E-state index contributed by atoms with van der Waals surface area (Å²) in [5, 5.41) is 2.63. The van der Waals surface area contributed by atoms with Gasteiger partial charge in [-0.05, 0) is 0 Å². The van der Waals surface area contributed by atoms with Crippen LogP contribution < -0.4 is 24.8 Å². The van der Waals surface area contributed by atoms with Gasteiger partial charge in [-0.2, -0.15) is 0 Å². The average molecular weight is 442 g/mol. The van der Waals surface area contributed by atoms with E-state index in [4.69, 9.17) is 0 Å². The van der Waals surface area contributed by atoms with E-state index in [0.29, 0.717) is 4.22 Å². The van der Waals surface area contributed by atoms with E-state index in [2.05, 4.69) is 91.5 Å². The zero-order valence-electron chi connectivity index (χ0n) is 15.9. The van der Waals surface area contributed by atoms with E-state index in [-0.39, 0.29) is 44.0 Å². The summed E-state index contributed by atoms with van der Waals surface area (Å²) in [7, 11) is 0. The molecule has 0 bridgehead atoms. The number of hydrogen-bond donors (Lipinski definition) is 0. The van der Waals surface area contributed by atoms with Crippen LogP contribution in [0.15, 0.2) is 82.0 Å². The molecule has 2 aliphatic carbocycles. The Kier molecular flexibility index (Phi) is 6.42. The Balaban J connectivity index is 0.00000112. The molecular formula is C24H21Cl2NTi. The molecule has 1 atom stereocenters. The van der Waals surface area contributed by atoms with Crippen molar-refractivity contribution in [1.82, 2.24) is 4.57 Å². The first-order valence-corrected chi connectivity index (χ1v) is 10.9. The summed E-state index contributed by atoms with van der Waals surface area (Å²) in [5.41, 5.74) is 7.39. The number of nitrogens with zero attached hydrogens (tertiary/aromatic N) is 1. The first-order chi connectivity index (χ1) is 12.7. The van der Waals surface area contributed by atoms with Gasteiger partial charge in [0.25, 0.3) is 0 Å². The van der Waals surface area contributed by atoms with Gasteiger partial charge >= 0.3 is 164 Å². The van der Waals surface area contributed by atoms with E-state index < -0.39 is 0 Å². The molecule has 3 aromatic rings. The predicted octanol–water partition coefficient (Wildman–Crippen LogP) is 0.409. The minimum atomic E-state index is -0.260. The first-order valence-electron chi connectivity index (χ1n) is 9.22. The molecular weight excluding hydrogens is 421 g/mol. The maximum atomic E-state index is 2.41. The minimum Gasteiger partial charge on any atom is -1.00 e. The summed E-state index contributed by atoms with van der Waals surface area (Å²) in [6.45, 7) is 4.57. The van der Waals surface area contributed by atoms with E-state index in [9.17, 15) is 0 Å². The molecule has 4 heteroatoms. The molecule has 1 nitrogen and oxygen atoms in total.